The molecule has 1 fully saturated rings. The van der Waals surface area contributed by atoms with E-state index < -0.39 is 0 Å². The highest BCUT2D eigenvalue weighted by molar-refractivity contribution is 5.49. The number of para-hydroxylation sites is 1. The van der Waals surface area contributed by atoms with Crippen LogP contribution in [0, 0.1) is 0 Å². The number of nitrogens with zero attached hydrogens (tertiary/aromatic N) is 2. The van der Waals surface area contributed by atoms with Gasteiger partial charge in [-0.2, -0.15) is 0 Å². The van der Waals surface area contributed by atoms with Crippen molar-refractivity contribution in [3.05, 3.63) is 65.7 Å². The van der Waals surface area contributed by atoms with Gasteiger partial charge in [-0.3, -0.25) is 0 Å². The Balaban J connectivity index is 0.00000272. The number of hydrogen-bond donors (Lipinski definition) is 0. The number of rotatable bonds is 9. The average Bonchev–Trinajstić information content (AvgIpc) is 3.20. The molecule has 2 aromatic rings. The topological polar surface area (TPSA) is 3.24 Å². The smallest absolute Gasteiger partial charge is 0.0907 e. The van der Waals surface area contributed by atoms with E-state index in [2.05, 4.69) is 73.3 Å². The molecular formula is C28H41IN2. The fraction of sp³-hybridized carbons (Fsp3) is 0.571. The standard InChI is InChI=1S/C28H41N2.HI/c1-3-19-30(20-4-2)21-11-10-16-28(30)17-18-29(26-14-6-5-7-15-26)27-22-24-12-8-9-13-25(24)23-27;/h5-9,12-15,27-28H,3-4,10-11,16-23H2,1-2H3;1H/q+1;/p-1. The van der Waals surface area contributed by atoms with Crippen molar-refractivity contribution in [3.63, 3.8) is 0 Å². The van der Waals surface area contributed by atoms with E-state index in [0.29, 0.717) is 6.04 Å². The van der Waals surface area contributed by atoms with Crippen LogP contribution in [0.5, 0.6) is 0 Å². The predicted molar refractivity (Wildman–Crippen MR) is 129 cm³/mol. The van der Waals surface area contributed by atoms with Crippen molar-refractivity contribution >= 4 is 5.69 Å². The maximum Gasteiger partial charge on any atom is 0.0907 e. The molecule has 1 saturated heterocycles. The van der Waals surface area contributed by atoms with Crippen molar-refractivity contribution in [1.29, 1.82) is 0 Å². The molecule has 2 aliphatic rings. The third-order valence-corrected chi connectivity index (χ3v) is 7.76. The molecule has 1 aliphatic heterocycles. The van der Waals surface area contributed by atoms with Crippen LogP contribution >= 0.6 is 0 Å². The van der Waals surface area contributed by atoms with Gasteiger partial charge in [0.15, 0.2) is 0 Å². The summed E-state index contributed by atoms with van der Waals surface area (Å²) in [5.74, 6) is 0. The number of anilines is 1. The third-order valence-electron chi connectivity index (χ3n) is 7.76. The highest BCUT2D eigenvalue weighted by atomic mass is 127. The van der Waals surface area contributed by atoms with Crippen molar-refractivity contribution < 1.29 is 28.5 Å². The lowest BCUT2D eigenvalue weighted by molar-refractivity contribution is -0.956. The van der Waals surface area contributed by atoms with Crippen LogP contribution in [0.2, 0.25) is 0 Å². The van der Waals surface area contributed by atoms with Crippen molar-refractivity contribution in [2.24, 2.45) is 0 Å². The number of piperidine rings is 1. The maximum absolute atomic E-state index is 2.75. The van der Waals surface area contributed by atoms with Gasteiger partial charge in [0.1, 0.15) is 0 Å². The summed E-state index contributed by atoms with van der Waals surface area (Å²) in [6, 6.07) is 21.7. The molecule has 4 rings (SSSR count). The lowest BCUT2D eigenvalue weighted by atomic mass is 9.94. The quantitative estimate of drug-likeness (QED) is 0.354. The van der Waals surface area contributed by atoms with E-state index in [1.807, 2.05) is 0 Å². The van der Waals surface area contributed by atoms with Crippen LogP contribution in [0.4, 0.5) is 5.69 Å². The van der Waals surface area contributed by atoms with Crippen molar-refractivity contribution in [2.45, 2.75) is 77.3 Å². The number of benzene rings is 2. The van der Waals surface area contributed by atoms with Gasteiger partial charge in [-0.1, -0.05) is 56.3 Å². The van der Waals surface area contributed by atoms with Crippen LogP contribution in [0.25, 0.3) is 0 Å². The summed E-state index contributed by atoms with van der Waals surface area (Å²) in [5, 5.41) is 0. The first-order chi connectivity index (χ1) is 14.8. The van der Waals surface area contributed by atoms with Crippen LogP contribution in [0.3, 0.4) is 0 Å². The zero-order chi connectivity index (χ0) is 20.8. The highest BCUT2D eigenvalue weighted by Gasteiger charge is 2.38. The van der Waals surface area contributed by atoms with Crippen LogP contribution in [0.15, 0.2) is 54.6 Å². The molecule has 1 unspecified atom stereocenters. The Kier molecular flexibility index (Phi) is 9.27. The molecule has 0 aromatic heterocycles. The molecule has 0 spiro atoms. The molecule has 0 amide bonds. The van der Waals surface area contributed by atoms with E-state index >= 15 is 0 Å². The minimum absolute atomic E-state index is 0. The lowest BCUT2D eigenvalue weighted by Gasteiger charge is -2.49. The number of halogens is 1. The Bertz CT molecular complexity index is 754. The fourth-order valence-electron chi connectivity index (χ4n) is 6.46. The molecule has 31 heavy (non-hydrogen) atoms. The monoisotopic (exact) mass is 532 g/mol. The SMILES string of the molecule is CCC[N+]1(CCC)CCCCC1CCN(c1ccccc1)C1Cc2ccccc2C1.[I-]. The van der Waals surface area contributed by atoms with Crippen molar-refractivity contribution in [3.8, 4) is 0 Å². The molecular weight excluding hydrogens is 491 g/mol. The summed E-state index contributed by atoms with van der Waals surface area (Å²) in [5.41, 5.74) is 4.53. The van der Waals surface area contributed by atoms with Gasteiger partial charge in [0.2, 0.25) is 0 Å². The molecule has 1 heterocycles. The van der Waals surface area contributed by atoms with Crippen molar-refractivity contribution in [2.75, 3.05) is 31.1 Å². The third kappa shape index (κ3) is 5.65. The minimum atomic E-state index is 0. The number of fused-ring (bicyclic) bond motifs is 1. The van der Waals surface area contributed by atoms with E-state index in [1.54, 1.807) is 11.1 Å². The summed E-state index contributed by atoms with van der Waals surface area (Å²) < 4.78 is 1.39. The summed E-state index contributed by atoms with van der Waals surface area (Å²) >= 11 is 0. The van der Waals surface area contributed by atoms with Crippen molar-refractivity contribution in [1.82, 2.24) is 0 Å². The number of likely N-dealkylation sites (tertiary alicyclic amines) is 1. The fourth-order valence-corrected chi connectivity index (χ4v) is 6.46. The lowest BCUT2D eigenvalue weighted by Crippen LogP contribution is -3.00. The van der Waals surface area contributed by atoms with E-state index in [0.717, 1.165) is 6.04 Å². The molecule has 0 saturated carbocycles. The Hall–Kier alpha value is -1.07. The first-order valence-electron chi connectivity index (χ1n) is 12.5. The summed E-state index contributed by atoms with van der Waals surface area (Å²) in [4.78, 5) is 2.75. The van der Waals surface area contributed by atoms with Crippen LogP contribution in [-0.4, -0.2) is 42.7 Å². The maximum atomic E-state index is 2.75. The Morgan fingerprint density at radius 1 is 0.839 bits per heavy atom. The molecule has 2 aromatic carbocycles. The van der Waals surface area contributed by atoms with Gasteiger partial charge in [0.25, 0.3) is 0 Å². The van der Waals surface area contributed by atoms with E-state index in [-0.39, 0.29) is 24.0 Å². The zero-order valence-corrected chi connectivity index (χ0v) is 21.8. The minimum Gasteiger partial charge on any atom is -1.00 e. The van der Waals surface area contributed by atoms with Crippen LogP contribution in [0.1, 0.15) is 63.5 Å². The van der Waals surface area contributed by atoms with Crippen LogP contribution < -0.4 is 28.9 Å². The molecule has 2 nitrogen and oxygen atoms in total. The van der Waals surface area contributed by atoms with Gasteiger partial charge in [0.05, 0.1) is 25.7 Å². The van der Waals surface area contributed by atoms with E-state index in [4.69, 9.17) is 0 Å². The van der Waals surface area contributed by atoms with Gasteiger partial charge >= 0.3 is 0 Å². The molecule has 0 radical (unpaired) electrons. The molecule has 1 atom stereocenters. The highest BCUT2D eigenvalue weighted by Crippen LogP contribution is 2.33. The average molecular weight is 533 g/mol. The second kappa shape index (κ2) is 11.7. The Morgan fingerprint density at radius 2 is 1.45 bits per heavy atom. The molecule has 1 aliphatic carbocycles. The van der Waals surface area contributed by atoms with E-state index in [1.165, 1.54) is 87.7 Å². The summed E-state index contributed by atoms with van der Waals surface area (Å²) in [6.45, 7) is 10.1. The van der Waals surface area contributed by atoms with Gasteiger partial charge < -0.3 is 33.4 Å². The molecule has 0 N–H and O–H groups in total. The number of quaternary nitrogens is 1. The molecule has 3 heteroatoms. The van der Waals surface area contributed by atoms with Gasteiger partial charge in [0, 0.05) is 24.7 Å². The second-order valence-corrected chi connectivity index (χ2v) is 9.69. The summed E-state index contributed by atoms with van der Waals surface area (Å²) in [6.07, 6.45) is 10.6. The molecule has 0 bridgehead atoms. The van der Waals surface area contributed by atoms with Gasteiger partial charge in [-0.05, 0) is 68.2 Å². The number of hydrogen-bond acceptors (Lipinski definition) is 1. The van der Waals surface area contributed by atoms with Gasteiger partial charge in [-0.15, -0.1) is 0 Å². The largest absolute Gasteiger partial charge is 1.00 e. The molecule has 170 valence electrons. The van der Waals surface area contributed by atoms with E-state index in [9.17, 15) is 0 Å². The predicted octanol–water partition coefficient (Wildman–Crippen LogP) is 3.24. The van der Waals surface area contributed by atoms with Crippen LogP contribution in [-0.2, 0) is 12.8 Å². The first-order valence-corrected chi connectivity index (χ1v) is 12.5. The zero-order valence-electron chi connectivity index (χ0n) is 19.6. The Morgan fingerprint density at radius 3 is 2.06 bits per heavy atom. The second-order valence-electron chi connectivity index (χ2n) is 9.69. The summed E-state index contributed by atoms with van der Waals surface area (Å²) in [7, 11) is 0. The normalized spacial score (nSPS) is 20.1. The van der Waals surface area contributed by atoms with Gasteiger partial charge in [-0.25, -0.2) is 0 Å². The Labute approximate surface area is 207 Å². The first kappa shape index (κ1) is 24.6.